The molecular formula is C12H17BrClFN2O2S. The minimum Gasteiger partial charge on any atom is -0.395 e. The molecule has 2 atom stereocenters. The summed E-state index contributed by atoms with van der Waals surface area (Å²) in [6.45, 7) is 5.59. The van der Waals surface area contributed by atoms with Gasteiger partial charge in [-0.1, -0.05) is 31.9 Å². The van der Waals surface area contributed by atoms with Crippen molar-refractivity contribution in [3.63, 3.8) is 0 Å². The first-order valence-corrected chi connectivity index (χ1v) is 8.72. The van der Waals surface area contributed by atoms with Crippen molar-refractivity contribution in [2.45, 2.75) is 38.1 Å². The molecule has 0 heterocycles. The fourth-order valence-electron chi connectivity index (χ4n) is 1.57. The third-order valence-corrected chi connectivity index (χ3v) is 6.22. The van der Waals surface area contributed by atoms with Crippen molar-refractivity contribution in [3.05, 3.63) is 21.4 Å². The molecule has 0 spiro atoms. The van der Waals surface area contributed by atoms with Gasteiger partial charge in [0.05, 0.1) is 15.2 Å². The zero-order chi connectivity index (χ0) is 15.7. The lowest BCUT2D eigenvalue weighted by Crippen LogP contribution is -2.37. The lowest BCUT2D eigenvalue weighted by atomic mass is 10.0. The number of nitrogens with one attached hydrogen (secondary N) is 1. The Labute approximate surface area is 132 Å². The number of hydrogen-bond acceptors (Lipinski definition) is 3. The predicted molar refractivity (Wildman–Crippen MR) is 82.8 cm³/mol. The Balaban J connectivity index is 3.24. The van der Waals surface area contributed by atoms with Crippen LogP contribution < -0.4 is 10.5 Å². The standard InChI is InChI=1S/C12H17BrClFN2O2S/c1-4-6(2)7(3)17-20(18,19)9-5-8(14)10(13)12(16)11(9)15/h5-7,17H,4,16H2,1-3H3. The van der Waals surface area contributed by atoms with Crippen LogP contribution >= 0.6 is 27.5 Å². The quantitative estimate of drug-likeness (QED) is 0.599. The van der Waals surface area contributed by atoms with Crippen molar-refractivity contribution < 1.29 is 12.8 Å². The summed E-state index contributed by atoms with van der Waals surface area (Å²) in [4.78, 5) is -0.543. The molecule has 0 radical (unpaired) electrons. The molecule has 0 saturated heterocycles. The van der Waals surface area contributed by atoms with Gasteiger partial charge in [0.25, 0.3) is 0 Å². The average Bonchev–Trinajstić information content (AvgIpc) is 2.38. The molecule has 2 unspecified atom stereocenters. The van der Waals surface area contributed by atoms with Gasteiger partial charge < -0.3 is 5.73 Å². The van der Waals surface area contributed by atoms with Gasteiger partial charge in [0, 0.05) is 6.04 Å². The predicted octanol–water partition coefficient (Wildman–Crippen LogP) is 3.54. The van der Waals surface area contributed by atoms with E-state index in [-0.39, 0.29) is 27.1 Å². The molecule has 0 fully saturated rings. The molecule has 4 nitrogen and oxygen atoms in total. The Hall–Kier alpha value is -0.370. The summed E-state index contributed by atoms with van der Waals surface area (Å²) >= 11 is 8.84. The number of nitrogen functional groups attached to an aromatic ring is 1. The molecule has 20 heavy (non-hydrogen) atoms. The topological polar surface area (TPSA) is 72.2 Å². The van der Waals surface area contributed by atoms with E-state index in [9.17, 15) is 12.8 Å². The summed E-state index contributed by atoms with van der Waals surface area (Å²) < 4.78 is 41.1. The van der Waals surface area contributed by atoms with Crippen LogP contribution in [0.25, 0.3) is 0 Å². The highest BCUT2D eigenvalue weighted by Crippen LogP contribution is 2.34. The number of halogens is 3. The molecule has 0 aliphatic carbocycles. The van der Waals surface area contributed by atoms with Crippen molar-refractivity contribution in [2.75, 3.05) is 5.73 Å². The first-order chi connectivity index (χ1) is 9.11. The van der Waals surface area contributed by atoms with Crippen LogP contribution in [0.4, 0.5) is 10.1 Å². The first kappa shape index (κ1) is 17.7. The number of sulfonamides is 1. The van der Waals surface area contributed by atoms with Crippen LogP contribution in [-0.4, -0.2) is 14.5 Å². The SMILES string of the molecule is CCC(C)C(C)NS(=O)(=O)c1cc(Cl)c(Br)c(N)c1F. The lowest BCUT2D eigenvalue weighted by molar-refractivity contribution is 0.432. The Morgan fingerprint density at radius 3 is 2.55 bits per heavy atom. The molecular weight excluding hydrogens is 371 g/mol. The summed E-state index contributed by atoms with van der Waals surface area (Å²) in [5, 5.41) is 0.0421. The lowest BCUT2D eigenvalue weighted by Gasteiger charge is -2.20. The molecule has 3 N–H and O–H groups in total. The van der Waals surface area contributed by atoms with Crippen LogP contribution in [0, 0.1) is 11.7 Å². The Kier molecular flexibility index (Phi) is 5.83. The molecule has 0 aliphatic heterocycles. The van der Waals surface area contributed by atoms with Crippen molar-refractivity contribution >= 4 is 43.2 Å². The first-order valence-electron chi connectivity index (χ1n) is 6.07. The Morgan fingerprint density at radius 1 is 1.50 bits per heavy atom. The van der Waals surface area contributed by atoms with Crippen LogP contribution in [0.1, 0.15) is 27.2 Å². The monoisotopic (exact) mass is 386 g/mol. The minimum atomic E-state index is -4.02. The van der Waals surface area contributed by atoms with E-state index in [4.69, 9.17) is 17.3 Å². The summed E-state index contributed by atoms with van der Waals surface area (Å²) in [5.41, 5.74) is 5.17. The molecule has 114 valence electrons. The Morgan fingerprint density at radius 2 is 2.05 bits per heavy atom. The summed E-state index contributed by atoms with van der Waals surface area (Å²) in [7, 11) is -4.02. The van der Waals surface area contributed by atoms with E-state index in [0.717, 1.165) is 12.5 Å². The van der Waals surface area contributed by atoms with Crippen LogP contribution in [0.2, 0.25) is 5.02 Å². The fraction of sp³-hybridized carbons (Fsp3) is 0.500. The summed E-state index contributed by atoms with van der Waals surface area (Å²) in [6.07, 6.45) is 0.801. The number of hydrogen-bond donors (Lipinski definition) is 2. The van der Waals surface area contributed by atoms with E-state index in [1.807, 2.05) is 13.8 Å². The number of rotatable bonds is 5. The van der Waals surface area contributed by atoms with Gasteiger partial charge in [-0.15, -0.1) is 0 Å². The zero-order valence-electron chi connectivity index (χ0n) is 11.4. The largest absolute Gasteiger partial charge is 0.395 e. The second-order valence-corrected chi connectivity index (χ2v) is 7.58. The van der Waals surface area contributed by atoms with Gasteiger partial charge in [-0.05, 0) is 34.8 Å². The molecule has 0 aromatic heterocycles. The molecule has 0 bridgehead atoms. The van der Waals surface area contributed by atoms with Crippen LogP contribution in [0.3, 0.4) is 0 Å². The van der Waals surface area contributed by atoms with E-state index < -0.39 is 20.7 Å². The molecule has 1 aromatic rings. The van der Waals surface area contributed by atoms with Gasteiger partial charge in [0.1, 0.15) is 4.90 Å². The van der Waals surface area contributed by atoms with Gasteiger partial charge in [0.15, 0.2) is 5.82 Å². The smallest absolute Gasteiger partial charge is 0.243 e. The van der Waals surface area contributed by atoms with Crippen LogP contribution in [0.5, 0.6) is 0 Å². The normalized spacial score (nSPS) is 15.1. The average molecular weight is 388 g/mol. The summed E-state index contributed by atoms with van der Waals surface area (Å²) in [5.74, 6) is -0.888. The van der Waals surface area contributed by atoms with Crippen LogP contribution in [-0.2, 0) is 10.0 Å². The van der Waals surface area contributed by atoms with Gasteiger partial charge >= 0.3 is 0 Å². The maximum Gasteiger partial charge on any atom is 0.243 e. The summed E-state index contributed by atoms with van der Waals surface area (Å²) in [6, 6.07) is 0.719. The number of nitrogens with two attached hydrogens (primary N) is 1. The van der Waals surface area contributed by atoms with Gasteiger partial charge in [-0.3, -0.25) is 0 Å². The number of benzene rings is 1. The Bertz CT molecular complexity index is 610. The molecule has 1 aromatic carbocycles. The highest BCUT2D eigenvalue weighted by molar-refractivity contribution is 9.10. The highest BCUT2D eigenvalue weighted by Gasteiger charge is 2.26. The second kappa shape index (κ2) is 6.60. The van der Waals surface area contributed by atoms with E-state index in [0.29, 0.717) is 0 Å². The molecule has 0 saturated carbocycles. The van der Waals surface area contributed by atoms with E-state index in [2.05, 4.69) is 20.7 Å². The van der Waals surface area contributed by atoms with Gasteiger partial charge in [-0.2, -0.15) is 0 Å². The number of anilines is 1. The van der Waals surface area contributed by atoms with Crippen molar-refractivity contribution in [3.8, 4) is 0 Å². The third-order valence-electron chi connectivity index (χ3n) is 3.28. The fourth-order valence-corrected chi connectivity index (χ4v) is 3.60. The van der Waals surface area contributed by atoms with Crippen LogP contribution in [0.15, 0.2) is 15.4 Å². The molecule has 1 rings (SSSR count). The second-order valence-electron chi connectivity index (χ2n) is 4.69. The maximum absolute atomic E-state index is 14.0. The zero-order valence-corrected chi connectivity index (χ0v) is 14.5. The van der Waals surface area contributed by atoms with Crippen molar-refractivity contribution in [2.24, 2.45) is 5.92 Å². The van der Waals surface area contributed by atoms with Crippen molar-refractivity contribution in [1.29, 1.82) is 0 Å². The molecule has 0 amide bonds. The van der Waals surface area contributed by atoms with Gasteiger partial charge in [-0.25, -0.2) is 17.5 Å². The highest BCUT2D eigenvalue weighted by atomic mass is 79.9. The van der Waals surface area contributed by atoms with E-state index in [1.54, 1.807) is 6.92 Å². The minimum absolute atomic E-state index is 0.0421. The third kappa shape index (κ3) is 3.63. The molecule has 0 aliphatic rings. The van der Waals surface area contributed by atoms with Gasteiger partial charge in [0.2, 0.25) is 10.0 Å². The maximum atomic E-state index is 14.0. The van der Waals surface area contributed by atoms with Crippen molar-refractivity contribution in [1.82, 2.24) is 4.72 Å². The molecule has 8 heteroatoms. The van der Waals surface area contributed by atoms with E-state index >= 15 is 0 Å². The van der Waals surface area contributed by atoms with E-state index in [1.165, 1.54) is 0 Å².